The van der Waals surface area contributed by atoms with E-state index in [-0.39, 0.29) is 16.7 Å². The number of amides is 1. The van der Waals surface area contributed by atoms with Crippen molar-refractivity contribution in [1.29, 1.82) is 0 Å². The van der Waals surface area contributed by atoms with Crippen molar-refractivity contribution in [3.63, 3.8) is 0 Å². The van der Waals surface area contributed by atoms with E-state index in [1.165, 1.54) is 47.3 Å². The number of aromatic nitrogens is 2. The summed E-state index contributed by atoms with van der Waals surface area (Å²) in [4.78, 5) is 28.6. The zero-order valence-electron chi connectivity index (χ0n) is 14.3. The molecule has 0 bridgehead atoms. The number of hydrogen-bond acceptors (Lipinski definition) is 4. The fourth-order valence-electron chi connectivity index (χ4n) is 2.29. The van der Waals surface area contributed by atoms with E-state index in [1.807, 2.05) is 0 Å². The number of rotatable bonds is 5. The SMILES string of the molecule is Cc1ccc(-n2ccnc(SCC(=O)Nc3ccc(F)cc3)c2=O)cc1F. The summed E-state index contributed by atoms with van der Waals surface area (Å²) < 4.78 is 27.9. The van der Waals surface area contributed by atoms with Gasteiger partial charge in [0.05, 0.1) is 11.4 Å². The highest BCUT2D eigenvalue weighted by Gasteiger charge is 2.11. The summed E-state index contributed by atoms with van der Waals surface area (Å²) in [7, 11) is 0. The largest absolute Gasteiger partial charge is 0.325 e. The summed E-state index contributed by atoms with van der Waals surface area (Å²) in [6.45, 7) is 1.63. The molecule has 1 heterocycles. The van der Waals surface area contributed by atoms with Crippen LogP contribution in [-0.4, -0.2) is 21.2 Å². The molecule has 3 rings (SSSR count). The summed E-state index contributed by atoms with van der Waals surface area (Å²) in [6.07, 6.45) is 2.86. The van der Waals surface area contributed by atoms with Gasteiger partial charge in [0.1, 0.15) is 11.6 Å². The zero-order chi connectivity index (χ0) is 19.4. The first-order valence-corrected chi connectivity index (χ1v) is 8.95. The van der Waals surface area contributed by atoms with Crippen LogP contribution in [0, 0.1) is 18.6 Å². The molecule has 8 heteroatoms. The third-order valence-electron chi connectivity index (χ3n) is 3.71. The molecule has 3 aromatic rings. The summed E-state index contributed by atoms with van der Waals surface area (Å²) in [5.74, 6) is -1.22. The Morgan fingerprint density at radius 3 is 2.63 bits per heavy atom. The fraction of sp³-hybridized carbons (Fsp3) is 0.105. The number of hydrogen-bond donors (Lipinski definition) is 1. The van der Waals surface area contributed by atoms with Crippen molar-refractivity contribution in [2.75, 3.05) is 11.1 Å². The van der Waals surface area contributed by atoms with E-state index in [0.717, 1.165) is 11.8 Å². The van der Waals surface area contributed by atoms with Gasteiger partial charge in [0, 0.05) is 18.1 Å². The van der Waals surface area contributed by atoms with Crippen LogP contribution in [0.5, 0.6) is 0 Å². The first-order valence-electron chi connectivity index (χ1n) is 7.96. The number of aryl methyl sites for hydroxylation is 1. The maximum atomic E-state index is 13.8. The second kappa shape index (κ2) is 8.13. The van der Waals surface area contributed by atoms with Gasteiger partial charge in [0.2, 0.25) is 5.91 Å². The van der Waals surface area contributed by atoms with Gasteiger partial charge in [-0.15, -0.1) is 0 Å². The minimum atomic E-state index is -0.444. The molecule has 1 amide bonds. The quantitative estimate of drug-likeness (QED) is 0.680. The molecule has 0 unspecified atom stereocenters. The van der Waals surface area contributed by atoms with Gasteiger partial charge in [-0.25, -0.2) is 13.8 Å². The molecule has 5 nitrogen and oxygen atoms in total. The van der Waals surface area contributed by atoms with Crippen molar-refractivity contribution in [2.24, 2.45) is 0 Å². The van der Waals surface area contributed by atoms with Gasteiger partial charge >= 0.3 is 0 Å². The van der Waals surface area contributed by atoms with Gasteiger partial charge in [-0.2, -0.15) is 0 Å². The minimum Gasteiger partial charge on any atom is -0.325 e. The lowest BCUT2D eigenvalue weighted by Gasteiger charge is -2.08. The van der Waals surface area contributed by atoms with Gasteiger partial charge in [-0.05, 0) is 48.9 Å². The van der Waals surface area contributed by atoms with Gasteiger partial charge in [0.15, 0.2) is 5.03 Å². The van der Waals surface area contributed by atoms with Gasteiger partial charge in [0.25, 0.3) is 5.56 Å². The molecule has 0 aliphatic heterocycles. The third kappa shape index (κ3) is 4.59. The molecule has 138 valence electrons. The lowest BCUT2D eigenvalue weighted by atomic mass is 10.2. The highest BCUT2D eigenvalue weighted by molar-refractivity contribution is 7.99. The van der Waals surface area contributed by atoms with Gasteiger partial charge in [-0.3, -0.25) is 14.2 Å². The molecule has 0 radical (unpaired) electrons. The number of carbonyl (C=O) groups excluding carboxylic acids is 1. The average molecular weight is 387 g/mol. The highest BCUT2D eigenvalue weighted by atomic mass is 32.2. The Kier molecular flexibility index (Phi) is 5.66. The maximum Gasteiger partial charge on any atom is 0.287 e. The van der Waals surface area contributed by atoms with E-state index in [1.54, 1.807) is 19.1 Å². The summed E-state index contributed by atoms with van der Waals surface area (Å²) >= 11 is 0.969. The molecule has 0 fully saturated rings. The maximum absolute atomic E-state index is 13.8. The number of carbonyl (C=O) groups is 1. The number of thioether (sulfide) groups is 1. The lowest BCUT2D eigenvalue weighted by Crippen LogP contribution is -2.22. The van der Waals surface area contributed by atoms with Gasteiger partial charge < -0.3 is 5.32 Å². The van der Waals surface area contributed by atoms with Crippen molar-refractivity contribution in [3.8, 4) is 5.69 Å². The number of nitrogens with one attached hydrogen (secondary N) is 1. The molecular weight excluding hydrogens is 372 g/mol. The molecule has 0 aliphatic rings. The van der Waals surface area contributed by atoms with E-state index in [0.29, 0.717) is 16.9 Å². The average Bonchev–Trinajstić information content (AvgIpc) is 2.65. The van der Waals surface area contributed by atoms with Gasteiger partial charge in [-0.1, -0.05) is 17.8 Å². The van der Waals surface area contributed by atoms with E-state index in [4.69, 9.17) is 0 Å². The predicted molar refractivity (Wildman–Crippen MR) is 100 cm³/mol. The molecular formula is C19H15F2N3O2S. The smallest absolute Gasteiger partial charge is 0.287 e. The van der Waals surface area contributed by atoms with E-state index >= 15 is 0 Å². The fourth-order valence-corrected chi connectivity index (χ4v) is 2.99. The number of nitrogens with zero attached hydrogens (tertiary/aromatic N) is 2. The zero-order valence-corrected chi connectivity index (χ0v) is 15.1. The molecule has 2 aromatic carbocycles. The summed E-state index contributed by atoms with van der Waals surface area (Å²) in [5, 5.41) is 2.72. The number of benzene rings is 2. The van der Waals surface area contributed by atoms with Crippen LogP contribution >= 0.6 is 11.8 Å². The minimum absolute atomic E-state index is 0.0497. The summed E-state index contributed by atoms with van der Waals surface area (Å²) in [6, 6.07) is 9.85. The van der Waals surface area contributed by atoms with Crippen LogP contribution in [0.15, 0.2) is 64.7 Å². The second-order valence-corrected chi connectivity index (χ2v) is 6.65. The van der Waals surface area contributed by atoms with Crippen molar-refractivity contribution < 1.29 is 13.6 Å². The second-order valence-electron chi connectivity index (χ2n) is 5.68. The Morgan fingerprint density at radius 2 is 1.93 bits per heavy atom. The molecule has 1 aromatic heterocycles. The van der Waals surface area contributed by atoms with Crippen molar-refractivity contribution in [1.82, 2.24) is 9.55 Å². The molecule has 1 N–H and O–H groups in total. The van der Waals surface area contributed by atoms with Crippen LogP contribution in [0.1, 0.15) is 5.56 Å². The Balaban J connectivity index is 1.72. The lowest BCUT2D eigenvalue weighted by molar-refractivity contribution is -0.113. The molecule has 0 atom stereocenters. The summed E-state index contributed by atoms with van der Waals surface area (Å²) in [5.41, 5.74) is 0.868. The van der Waals surface area contributed by atoms with E-state index < -0.39 is 17.2 Å². The Morgan fingerprint density at radius 1 is 1.19 bits per heavy atom. The Hall–Kier alpha value is -3.00. The molecule has 0 saturated heterocycles. The van der Waals surface area contributed by atoms with Crippen molar-refractivity contribution in [2.45, 2.75) is 11.9 Å². The standard InChI is InChI=1S/C19H15F2N3O2S/c1-12-2-7-15(10-16(12)21)24-9-8-22-18(19(24)26)27-11-17(25)23-14-5-3-13(20)4-6-14/h2-10H,11H2,1H3,(H,23,25). The van der Waals surface area contributed by atoms with Crippen LogP contribution in [0.4, 0.5) is 14.5 Å². The third-order valence-corrected chi connectivity index (χ3v) is 4.67. The normalized spacial score (nSPS) is 10.6. The van der Waals surface area contributed by atoms with E-state index in [2.05, 4.69) is 10.3 Å². The van der Waals surface area contributed by atoms with Crippen LogP contribution in [-0.2, 0) is 4.79 Å². The first-order chi connectivity index (χ1) is 12.9. The van der Waals surface area contributed by atoms with E-state index in [9.17, 15) is 18.4 Å². The first kappa shape index (κ1) is 18.8. The van der Waals surface area contributed by atoms with Crippen LogP contribution in [0.2, 0.25) is 0 Å². The number of anilines is 1. The van der Waals surface area contributed by atoms with Crippen LogP contribution < -0.4 is 10.9 Å². The monoisotopic (exact) mass is 387 g/mol. The molecule has 27 heavy (non-hydrogen) atoms. The van der Waals surface area contributed by atoms with Crippen molar-refractivity contribution in [3.05, 3.63) is 82.4 Å². The molecule has 0 aliphatic carbocycles. The Bertz CT molecular complexity index is 1040. The van der Waals surface area contributed by atoms with Crippen molar-refractivity contribution >= 4 is 23.4 Å². The predicted octanol–water partition coefficient (Wildman–Crippen LogP) is 3.55. The van der Waals surface area contributed by atoms with Crippen LogP contribution in [0.3, 0.4) is 0 Å². The topological polar surface area (TPSA) is 64.0 Å². The molecule has 0 spiro atoms. The Labute approximate surface area is 158 Å². The number of halogens is 2. The molecule has 0 saturated carbocycles. The highest BCUT2D eigenvalue weighted by Crippen LogP contribution is 2.15. The van der Waals surface area contributed by atoms with Crippen LogP contribution in [0.25, 0.3) is 5.69 Å².